The Morgan fingerprint density at radius 2 is 2.29 bits per heavy atom. The molecule has 0 amide bonds. The fourth-order valence-electron chi connectivity index (χ4n) is 3.31. The van der Waals surface area contributed by atoms with Gasteiger partial charge in [0.2, 0.25) is 0 Å². The van der Waals surface area contributed by atoms with Crippen LogP contribution in [0.15, 0.2) is 12.1 Å². The summed E-state index contributed by atoms with van der Waals surface area (Å²) in [7, 11) is 0. The molecule has 0 radical (unpaired) electrons. The van der Waals surface area contributed by atoms with Crippen LogP contribution in [0, 0.1) is 6.92 Å². The highest BCUT2D eigenvalue weighted by molar-refractivity contribution is 7.11. The molecule has 0 aliphatic carbocycles. The van der Waals surface area contributed by atoms with Gasteiger partial charge in [-0.3, -0.25) is 4.90 Å². The van der Waals surface area contributed by atoms with Crippen molar-refractivity contribution in [1.82, 2.24) is 10.2 Å². The number of likely N-dealkylation sites (tertiary alicyclic amines) is 1. The molecule has 94 valence electrons. The number of hydrogen-bond donors (Lipinski definition) is 1. The average Bonchev–Trinajstić information content (AvgIpc) is 3.00. The minimum absolute atomic E-state index is 0.763. The summed E-state index contributed by atoms with van der Waals surface area (Å²) in [4.78, 5) is 5.68. The quantitative estimate of drug-likeness (QED) is 0.887. The van der Waals surface area contributed by atoms with Crippen molar-refractivity contribution in [2.75, 3.05) is 13.1 Å². The fourth-order valence-corrected chi connectivity index (χ4v) is 4.23. The molecule has 3 heteroatoms. The molecule has 3 rings (SSSR count). The van der Waals surface area contributed by atoms with Crippen molar-refractivity contribution in [2.45, 2.75) is 51.2 Å². The summed E-state index contributed by atoms with van der Waals surface area (Å²) in [5.41, 5.74) is 0. The molecule has 0 spiro atoms. The van der Waals surface area contributed by atoms with E-state index in [1.807, 2.05) is 11.3 Å². The molecule has 2 nitrogen and oxygen atoms in total. The van der Waals surface area contributed by atoms with Gasteiger partial charge >= 0.3 is 0 Å². The van der Waals surface area contributed by atoms with Gasteiger partial charge in [-0.1, -0.05) is 0 Å². The van der Waals surface area contributed by atoms with Gasteiger partial charge in [-0.2, -0.15) is 0 Å². The van der Waals surface area contributed by atoms with Crippen LogP contribution in [0.4, 0.5) is 0 Å². The molecule has 2 aliphatic heterocycles. The Hall–Kier alpha value is -0.380. The Morgan fingerprint density at radius 3 is 3.00 bits per heavy atom. The molecule has 2 saturated heterocycles. The smallest absolute Gasteiger partial charge is 0.0331 e. The SMILES string of the molecule is Cc1ccc(CN2CCCC2C2CCCN2)s1. The van der Waals surface area contributed by atoms with Gasteiger partial charge in [0.25, 0.3) is 0 Å². The third-order valence-corrected chi connectivity index (χ3v) is 5.12. The van der Waals surface area contributed by atoms with E-state index in [9.17, 15) is 0 Å². The Morgan fingerprint density at radius 1 is 1.35 bits per heavy atom. The summed E-state index contributed by atoms with van der Waals surface area (Å²) in [5.74, 6) is 0. The third-order valence-electron chi connectivity index (χ3n) is 4.13. The molecule has 2 unspecified atom stereocenters. The van der Waals surface area contributed by atoms with Gasteiger partial charge in [0.05, 0.1) is 0 Å². The first-order chi connectivity index (χ1) is 8.33. The van der Waals surface area contributed by atoms with E-state index in [0.29, 0.717) is 0 Å². The largest absolute Gasteiger partial charge is 0.312 e. The van der Waals surface area contributed by atoms with E-state index in [4.69, 9.17) is 0 Å². The van der Waals surface area contributed by atoms with E-state index in [1.165, 1.54) is 55.1 Å². The lowest BCUT2D eigenvalue weighted by molar-refractivity contribution is 0.208. The van der Waals surface area contributed by atoms with Crippen LogP contribution in [-0.4, -0.2) is 30.1 Å². The molecular formula is C14H22N2S. The van der Waals surface area contributed by atoms with E-state index in [-0.39, 0.29) is 0 Å². The summed E-state index contributed by atoms with van der Waals surface area (Å²) >= 11 is 1.96. The zero-order valence-electron chi connectivity index (χ0n) is 10.6. The van der Waals surface area contributed by atoms with Crippen molar-refractivity contribution in [2.24, 2.45) is 0 Å². The van der Waals surface area contributed by atoms with Crippen molar-refractivity contribution >= 4 is 11.3 Å². The molecule has 0 saturated carbocycles. The predicted molar refractivity (Wildman–Crippen MR) is 73.5 cm³/mol. The number of thiophene rings is 1. The van der Waals surface area contributed by atoms with Gasteiger partial charge in [-0.05, 0) is 57.8 Å². The van der Waals surface area contributed by atoms with Gasteiger partial charge in [0.15, 0.2) is 0 Å². The zero-order valence-corrected chi connectivity index (χ0v) is 11.4. The highest BCUT2D eigenvalue weighted by atomic mass is 32.1. The van der Waals surface area contributed by atoms with Gasteiger partial charge in [-0.15, -0.1) is 11.3 Å². The molecule has 2 fully saturated rings. The van der Waals surface area contributed by atoms with Crippen molar-refractivity contribution in [3.63, 3.8) is 0 Å². The topological polar surface area (TPSA) is 15.3 Å². The summed E-state index contributed by atoms with van der Waals surface area (Å²) in [6.07, 6.45) is 5.52. The minimum atomic E-state index is 0.763. The molecule has 3 heterocycles. The van der Waals surface area contributed by atoms with Crippen LogP contribution in [0.3, 0.4) is 0 Å². The van der Waals surface area contributed by atoms with Gasteiger partial charge in [-0.25, -0.2) is 0 Å². The van der Waals surface area contributed by atoms with Crippen molar-refractivity contribution in [3.8, 4) is 0 Å². The lowest BCUT2D eigenvalue weighted by atomic mass is 10.0. The predicted octanol–water partition coefficient (Wildman–Crippen LogP) is 2.77. The van der Waals surface area contributed by atoms with Crippen molar-refractivity contribution in [1.29, 1.82) is 0 Å². The molecule has 2 aliphatic rings. The summed E-state index contributed by atoms with van der Waals surface area (Å²) in [5, 5.41) is 3.68. The molecular weight excluding hydrogens is 228 g/mol. The first-order valence-electron chi connectivity index (χ1n) is 6.86. The second-order valence-corrected chi connectivity index (χ2v) is 6.77. The van der Waals surface area contributed by atoms with E-state index in [1.54, 1.807) is 0 Å². The Labute approximate surface area is 108 Å². The molecule has 17 heavy (non-hydrogen) atoms. The second-order valence-electron chi connectivity index (χ2n) is 5.40. The number of rotatable bonds is 3. The third kappa shape index (κ3) is 2.56. The number of nitrogens with one attached hydrogen (secondary N) is 1. The molecule has 1 N–H and O–H groups in total. The van der Waals surface area contributed by atoms with Crippen molar-refractivity contribution < 1.29 is 0 Å². The van der Waals surface area contributed by atoms with E-state index in [0.717, 1.165) is 12.1 Å². The van der Waals surface area contributed by atoms with Crippen LogP contribution < -0.4 is 5.32 Å². The summed E-state index contributed by atoms with van der Waals surface area (Å²) in [6.45, 7) is 5.89. The van der Waals surface area contributed by atoms with Crippen LogP contribution in [-0.2, 0) is 6.54 Å². The zero-order chi connectivity index (χ0) is 11.7. The van der Waals surface area contributed by atoms with Crippen LogP contribution in [0.25, 0.3) is 0 Å². The van der Waals surface area contributed by atoms with E-state index in [2.05, 4.69) is 29.3 Å². The average molecular weight is 250 g/mol. The molecule has 0 bridgehead atoms. The second kappa shape index (κ2) is 5.09. The minimum Gasteiger partial charge on any atom is -0.312 e. The van der Waals surface area contributed by atoms with Crippen LogP contribution in [0.5, 0.6) is 0 Å². The highest BCUT2D eigenvalue weighted by Gasteiger charge is 2.33. The highest BCUT2D eigenvalue weighted by Crippen LogP contribution is 2.28. The maximum atomic E-state index is 3.68. The standard InChI is InChI=1S/C14H22N2S/c1-11-6-7-12(17-11)10-16-9-3-5-14(16)13-4-2-8-15-13/h6-7,13-15H,2-5,8-10H2,1H3. The van der Waals surface area contributed by atoms with Gasteiger partial charge in [0.1, 0.15) is 0 Å². The lowest BCUT2D eigenvalue weighted by Crippen LogP contribution is -2.43. The summed E-state index contributed by atoms with van der Waals surface area (Å²) in [6, 6.07) is 6.11. The van der Waals surface area contributed by atoms with Crippen LogP contribution >= 0.6 is 11.3 Å². The van der Waals surface area contributed by atoms with E-state index < -0.39 is 0 Å². The number of aryl methyl sites for hydroxylation is 1. The van der Waals surface area contributed by atoms with Crippen molar-refractivity contribution in [3.05, 3.63) is 21.9 Å². The summed E-state index contributed by atoms with van der Waals surface area (Å²) < 4.78 is 0. The molecule has 0 aromatic carbocycles. The maximum absolute atomic E-state index is 3.68. The Balaban J connectivity index is 1.65. The monoisotopic (exact) mass is 250 g/mol. The Bertz CT molecular complexity index is 368. The van der Waals surface area contributed by atoms with Gasteiger partial charge < -0.3 is 5.32 Å². The number of hydrogen-bond acceptors (Lipinski definition) is 3. The van der Waals surface area contributed by atoms with E-state index >= 15 is 0 Å². The van der Waals surface area contributed by atoms with Crippen LogP contribution in [0.1, 0.15) is 35.4 Å². The molecule has 1 aromatic heterocycles. The van der Waals surface area contributed by atoms with Gasteiger partial charge in [0, 0.05) is 28.4 Å². The first-order valence-corrected chi connectivity index (χ1v) is 7.67. The van der Waals surface area contributed by atoms with Crippen LogP contribution in [0.2, 0.25) is 0 Å². The normalized spacial score (nSPS) is 30.2. The molecule has 2 atom stereocenters. The molecule has 1 aromatic rings. The first kappa shape index (κ1) is 11.7. The lowest BCUT2D eigenvalue weighted by Gasteiger charge is -2.29. The fraction of sp³-hybridized carbons (Fsp3) is 0.714. The Kier molecular flexibility index (Phi) is 3.50. The number of nitrogens with zero attached hydrogens (tertiary/aromatic N) is 1. The maximum Gasteiger partial charge on any atom is 0.0331 e.